The molecule has 0 atom stereocenters. The number of aromatic nitrogens is 2. The number of hydrogen-bond acceptors (Lipinski definition) is 7. The topological polar surface area (TPSA) is 121 Å². The Hall–Kier alpha value is -4.28. The van der Waals surface area contributed by atoms with Crippen LogP contribution >= 0.6 is 0 Å². The SMILES string of the molecule is COc1ccc(CCc2cc(OC)c(OC)c(OC)c2)cc1NC(=O)CCCn1cc(F)c(=O)[nH]c1=O. The number of amides is 1. The Morgan fingerprint density at radius 3 is 2.19 bits per heavy atom. The van der Waals surface area contributed by atoms with Crippen molar-refractivity contribution >= 4 is 11.6 Å². The second-order valence-corrected chi connectivity index (χ2v) is 8.15. The maximum atomic E-state index is 13.4. The summed E-state index contributed by atoms with van der Waals surface area (Å²) in [5, 5.41) is 2.83. The van der Waals surface area contributed by atoms with E-state index >= 15 is 0 Å². The number of ether oxygens (including phenoxy) is 4. The summed E-state index contributed by atoms with van der Waals surface area (Å²) in [6.07, 6.45) is 2.53. The van der Waals surface area contributed by atoms with E-state index in [1.807, 2.05) is 29.2 Å². The van der Waals surface area contributed by atoms with Crippen LogP contribution in [0.3, 0.4) is 0 Å². The monoisotopic (exact) mass is 515 g/mol. The quantitative estimate of drug-likeness (QED) is 0.381. The summed E-state index contributed by atoms with van der Waals surface area (Å²) in [4.78, 5) is 37.3. The van der Waals surface area contributed by atoms with E-state index < -0.39 is 17.1 Å². The number of aromatic amines is 1. The molecule has 3 aromatic rings. The van der Waals surface area contributed by atoms with Crippen LogP contribution in [0.25, 0.3) is 0 Å². The van der Waals surface area contributed by atoms with Crippen molar-refractivity contribution in [3.63, 3.8) is 0 Å². The molecule has 1 amide bonds. The predicted octanol–water partition coefficient (Wildman–Crippen LogP) is 2.91. The second kappa shape index (κ2) is 12.6. The maximum absolute atomic E-state index is 13.4. The van der Waals surface area contributed by atoms with E-state index in [4.69, 9.17) is 18.9 Å². The summed E-state index contributed by atoms with van der Waals surface area (Å²) >= 11 is 0. The number of nitrogens with one attached hydrogen (secondary N) is 2. The molecule has 0 spiro atoms. The van der Waals surface area contributed by atoms with Crippen molar-refractivity contribution in [2.75, 3.05) is 33.8 Å². The number of H-pyrrole nitrogens is 1. The van der Waals surface area contributed by atoms with Gasteiger partial charge in [0.1, 0.15) is 5.75 Å². The Kier molecular flexibility index (Phi) is 9.31. The van der Waals surface area contributed by atoms with E-state index in [9.17, 15) is 18.8 Å². The molecule has 11 heteroatoms. The average molecular weight is 516 g/mol. The van der Waals surface area contributed by atoms with Crippen molar-refractivity contribution in [3.05, 3.63) is 74.3 Å². The fourth-order valence-corrected chi connectivity index (χ4v) is 3.85. The second-order valence-electron chi connectivity index (χ2n) is 8.15. The Morgan fingerprint density at radius 2 is 1.57 bits per heavy atom. The first-order valence-electron chi connectivity index (χ1n) is 11.5. The van der Waals surface area contributed by atoms with Crippen LogP contribution in [-0.2, 0) is 24.2 Å². The fraction of sp³-hybridized carbons (Fsp3) is 0.346. The molecular formula is C26H30FN3O7. The minimum absolute atomic E-state index is 0.0753. The summed E-state index contributed by atoms with van der Waals surface area (Å²) in [7, 11) is 6.20. The molecule has 1 aromatic heterocycles. The summed E-state index contributed by atoms with van der Waals surface area (Å²) < 4.78 is 36.0. The van der Waals surface area contributed by atoms with Gasteiger partial charge in [0.05, 0.1) is 40.3 Å². The van der Waals surface area contributed by atoms with Crippen molar-refractivity contribution in [2.24, 2.45) is 0 Å². The van der Waals surface area contributed by atoms with E-state index in [2.05, 4.69) is 5.32 Å². The number of rotatable bonds is 12. The van der Waals surface area contributed by atoms with E-state index in [0.717, 1.165) is 21.9 Å². The molecule has 198 valence electrons. The van der Waals surface area contributed by atoms with Crippen molar-refractivity contribution < 1.29 is 28.1 Å². The van der Waals surface area contributed by atoms with Gasteiger partial charge in [-0.1, -0.05) is 6.07 Å². The molecule has 37 heavy (non-hydrogen) atoms. The third kappa shape index (κ3) is 6.90. The molecule has 2 aromatic carbocycles. The number of carbonyl (C=O) groups excluding carboxylic acids is 1. The highest BCUT2D eigenvalue weighted by Crippen LogP contribution is 2.38. The largest absolute Gasteiger partial charge is 0.495 e. The summed E-state index contributed by atoms with van der Waals surface area (Å²) in [5.74, 6) is 0.829. The Bertz CT molecular complexity index is 1340. The zero-order valence-corrected chi connectivity index (χ0v) is 21.2. The summed E-state index contributed by atoms with van der Waals surface area (Å²) in [6.45, 7) is 0.0753. The summed E-state index contributed by atoms with van der Waals surface area (Å²) in [5.41, 5.74) is 0.677. The number of benzene rings is 2. The van der Waals surface area contributed by atoms with Gasteiger partial charge in [-0.25, -0.2) is 4.79 Å². The highest BCUT2D eigenvalue weighted by Gasteiger charge is 2.14. The van der Waals surface area contributed by atoms with Gasteiger partial charge in [-0.15, -0.1) is 0 Å². The van der Waals surface area contributed by atoms with Crippen LogP contribution in [-0.4, -0.2) is 43.9 Å². The number of halogens is 1. The summed E-state index contributed by atoms with van der Waals surface area (Å²) in [6, 6.07) is 9.34. The lowest BCUT2D eigenvalue weighted by Crippen LogP contribution is -2.31. The fourth-order valence-electron chi connectivity index (χ4n) is 3.85. The van der Waals surface area contributed by atoms with Crippen molar-refractivity contribution in [1.29, 1.82) is 0 Å². The minimum Gasteiger partial charge on any atom is -0.495 e. The number of aryl methyl sites for hydroxylation is 3. The van der Waals surface area contributed by atoms with E-state index in [0.29, 0.717) is 41.5 Å². The molecule has 0 bridgehead atoms. The molecule has 0 unspecified atom stereocenters. The van der Waals surface area contributed by atoms with E-state index in [-0.39, 0.29) is 25.3 Å². The number of carbonyl (C=O) groups is 1. The lowest BCUT2D eigenvalue weighted by molar-refractivity contribution is -0.116. The van der Waals surface area contributed by atoms with Crippen molar-refractivity contribution in [3.8, 4) is 23.0 Å². The van der Waals surface area contributed by atoms with Crippen molar-refractivity contribution in [2.45, 2.75) is 32.2 Å². The highest BCUT2D eigenvalue weighted by atomic mass is 19.1. The molecule has 0 saturated heterocycles. The van der Waals surface area contributed by atoms with Gasteiger partial charge in [0, 0.05) is 13.0 Å². The molecule has 10 nitrogen and oxygen atoms in total. The van der Waals surface area contributed by atoms with Gasteiger partial charge in [0.15, 0.2) is 11.5 Å². The maximum Gasteiger partial charge on any atom is 0.328 e. The Labute approximate surface area is 212 Å². The van der Waals surface area contributed by atoms with Crippen LogP contribution in [0.15, 0.2) is 46.1 Å². The van der Waals surface area contributed by atoms with Crippen LogP contribution in [0.1, 0.15) is 24.0 Å². The third-order valence-electron chi connectivity index (χ3n) is 5.74. The lowest BCUT2D eigenvalue weighted by atomic mass is 10.0. The van der Waals surface area contributed by atoms with Gasteiger partial charge < -0.3 is 24.3 Å². The van der Waals surface area contributed by atoms with Crippen LogP contribution in [0.2, 0.25) is 0 Å². The van der Waals surface area contributed by atoms with E-state index in [1.165, 1.54) is 7.11 Å². The molecular weight excluding hydrogens is 485 g/mol. The first-order chi connectivity index (χ1) is 17.8. The van der Waals surface area contributed by atoms with Crippen LogP contribution < -0.4 is 35.5 Å². The lowest BCUT2D eigenvalue weighted by Gasteiger charge is -2.15. The van der Waals surface area contributed by atoms with Gasteiger partial charge in [-0.05, 0) is 54.7 Å². The minimum atomic E-state index is -1.07. The molecule has 0 aliphatic carbocycles. The first kappa shape index (κ1) is 27.3. The zero-order chi connectivity index (χ0) is 26.9. The molecule has 0 fully saturated rings. The average Bonchev–Trinajstić information content (AvgIpc) is 2.89. The smallest absolute Gasteiger partial charge is 0.328 e. The normalized spacial score (nSPS) is 10.6. The van der Waals surface area contributed by atoms with Crippen LogP contribution in [0, 0.1) is 5.82 Å². The highest BCUT2D eigenvalue weighted by molar-refractivity contribution is 5.92. The van der Waals surface area contributed by atoms with Gasteiger partial charge in [0.25, 0.3) is 5.56 Å². The van der Waals surface area contributed by atoms with Crippen molar-refractivity contribution in [1.82, 2.24) is 9.55 Å². The Balaban J connectivity index is 1.65. The predicted molar refractivity (Wildman–Crippen MR) is 136 cm³/mol. The Morgan fingerprint density at radius 1 is 0.919 bits per heavy atom. The molecule has 0 radical (unpaired) electrons. The number of anilines is 1. The zero-order valence-electron chi connectivity index (χ0n) is 21.2. The van der Waals surface area contributed by atoms with E-state index in [1.54, 1.807) is 27.4 Å². The number of nitrogens with zero attached hydrogens (tertiary/aromatic N) is 1. The molecule has 0 aliphatic heterocycles. The van der Waals surface area contributed by atoms with Gasteiger partial charge in [-0.2, -0.15) is 4.39 Å². The van der Waals surface area contributed by atoms with Crippen LogP contribution in [0.4, 0.5) is 10.1 Å². The first-order valence-corrected chi connectivity index (χ1v) is 11.5. The van der Waals surface area contributed by atoms with Gasteiger partial charge in [-0.3, -0.25) is 19.1 Å². The van der Waals surface area contributed by atoms with Gasteiger partial charge >= 0.3 is 5.69 Å². The molecule has 3 rings (SSSR count). The molecule has 0 aliphatic rings. The van der Waals surface area contributed by atoms with Gasteiger partial charge in [0.2, 0.25) is 17.5 Å². The third-order valence-corrected chi connectivity index (χ3v) is 5.74. The molecule has 2 N–H and O–H groups in total. The number of hydrogen-bond donors (Lipinski definition) is 2. The molecule has 1 heterocycles. The standard InChI is InChI=1S/C26H30FN3O7/c1-34-20-10-9-16(7-8-17-13-21(35-2)24(37-4)22(14-17)36-3)12-19(20)28-23(31)6-5-11-30-15-18(27)25(32)29-26(30)33/h9-10,12-15H,5-8,11H2,1-4H3,(H,28,31)(H,29,32,33). The molecule has 0 saturated carbocycles. The number of methoxy groups -OCH3 is 4. The van der Waals surface area contributed by atoms with Crippen LogP contribution in [0.5, 0.6) is 23.0 Å².